The predicted molar refractivity (Wildman–Crippen MR) is 181 cm³/mol. The molecule has 2 aliphatic carbocycles. The standard InChI is InChI=1S/C40H54O2/c1-29(17-13-19-31(3)21-23-37-33(5)25-35(41)27-39(37,7)8)15-11-12-16-30(2)18-14-20-32(4)22-24-38-34(6)26-36(42)28-40(38,9)10/h11-19,32,35-36,41-42H,20,25-28H2,1-10H3/b12-11-,17-13+,18-14+,29-15-,30-16+,31-19+/t32?,35-,36-/m1/s1. The van der Waals surface area contributed by atoms with Gasteiger partial charge < -0.3 is 10.2 Å². The highest BCUT2D eigenvalue weighted by Crippen LogP contribution is 2.40. The molecule has 0 saturated heterocycles. The van der Waals surface area contributed by atoms with Crippen molar-refractivity contribution in [2.45, 2.75) is 114 Å². The highest BCUT2D eigenvalue weighted by atomic mass is 16.3. The summed E-state index contributed by atoms with van der Waals surface area (Å²) in [7, 11) is 0. The molecule has 0 fully saturated rings. The molecule has 2 N–H and O–H groups in total. The lowest BCUT2D eigenvalue weighted by atomic mass is 9.72. The van der Waals surface area contributed by atoms with Crippen LogP contribution >= 0.6 is 0 Å². The molecule has 1 unspecified atom stereocenters. The number of rotatable bonds is 7. The van der Waals surface area contributed by atoms with Gasteiger partial charge in [-0.25, -0.2) is 0 Å². The van der Waals surface area contributed by atoms with E-state index >= 15 is 0 Å². The Balaban J connectivity index is 1.88. The second kappa shape index (κ2) is 16.0. The quantitative estimate of drug-likeness (QED) is 0.238. The number of hydrogen-bond donors (Lipinski definition) is 2. The molecule has 2 rings (SSSR count). The van der Waals surface area contributed by atoms with Crippen LogP contribution in [0, 0.1) is 40.4 Å². The van der Waals surface area contributed by atoms with Gasteiger partial charge in [0.15, 0.2) is 0 Å². The Hall–Kier alpha value is -3.04. The number of aliphatic hydroxyl groups excluding tert-OH is 2. The molecular formula is C40H54O2. The van der Waals surface area contributed by atoms with E-state index < -0.39 is 0 Å². The zero-order valence-electron chi connectivity index (χ0n) is 27.9. The molecule has 0 aliphatic heterocycles. The molecule has 0 bridgehead atoms. The van der Waals surface area contributed by atoms with Crippen molar-refractivity contribution in [2.24, 2.45) is 16.7 Å². The zero-order chi connectivity index (χ0) is 31.5. The molecule has 0 radical (unpaired) electrons. The van der Waals surface area contributed by atoms with Crippen molar-refractivity contribution in [3.8, 4) is 23.7 Å². The van der Waals surface area contributed by atoms with Gasteiger partial charge in [0.1, 0.15) is 0 Å². The van der Waals surface area contributed by atoms with Crippen molar-refractivity contribution in [1.29, 1.82) is 0 Å². The smallest absolute Gasteiger partial charge is 0.0586 e. The summed E-state index contributed by atoms with van der Waals surface area (Å²) < 4.78 is 0. The fourth-order valence-corrected chi connectivity index (χ4v) is 5.93. The number of hydrogen-bond acceptors (Lipinski definition) is 2. The van der Waals surface area contributed by atoms with Crippen LogP contribution in [0.1, 0.15) is 101 Å². The molecule has 0 aromatic heterocycles. The van der Waals surface area contributed by atoms with Gasteiger partial charge in [0.25, 0.3) is 0 Å². The molecule has 2 heteroatoms. The van der Waals surface area contributed by atoms with Gasteiger partial charge >= 0.3 is 0 Å². The third-order valence-corrected chi connectivity index (χ3v) is 8.02. The molecule has 0 aromatic rings. The molecule has 0 aromatic carbocycles. The maximum atomic E-state index is 10.1. The van der Waals surface area contributed by atoms with Crippen LogP contribution < -0.4 is 0 Å². The van der Waals surface area contributed by atoms with Gasteiger partial charge in [0, 0.05) is 27.9 Å². The predicted octanol–water partition coefficient (Wildman–Crippen LogP) is 9.52. The SMILES string of the molecule is CC1=C(C#C/C(C)=C/C=C/C(C)=C\C=C/C=C(C)/C=C/CC(C)C#CC2=C(C)C[C@@H](O)CC2(C)C)C(C)(C)C[C@H](O)C1. The molecule has 2 aliphatic rings. The molecule has 0 amide bonds. The Labute approximate surface area is 257 Å². The third kappa shape index (κ3) is 11.7. The van der Waals surface area contributed by atoms with Crippen LogP contribution in [0.2, 0.25) is 0 Å². The lowest BCUT2D eigenvalue weighted by Gasteiger charge is -2.34. The van der Waals surface area contributed by atoms with E-state index in [4.69, 9.17) is 0 Å². The summed E-state index contributed by atoms with van der Waals surface area (Å²) in [4.78, 5) is 0. The summed E-state index contributed by atoms with van der Waals surface area (Å²) in [5, 5.41) is 20.2. The van der Waals surface area contributed by atoms with Gasteiger partial charge in [0.2, 0.25) is 0 Å². The van der Waals surface area contributed by atoms with Gasteiger partial charge in [-0.05, 0) is 72.3 Å². The van der Waals surface area contributed by atoms with Crippen LogP contribution in [-0.2, 0) is 0 Å². The average molecular weight is 567 g/mol. The van der Waals surface area contributed by atoms with Crippen molar-refractivity contribution < 1.29 is 10.2 Å². The normalized spacial score (nSPS) is 24.2. The first-order chi connectivity index (χ1) is 19.6. The van der Waals surface area contributed by atoms with Crippen LogP contribution in [0.5, 0.6) is 0 Å². The lowest BCUT2D eigenvalue weighted by molar-refractivity contribution is 0.116. The minimum absolute atomic E-state index is 0.0568. The van der Waals surface area contributed by atoms with E-state index in [1.807, 2.05) is 19.1 Å². The minimum atomic E-state index is -0.260. The summed E-state index contributed by atoms with van der Waals surface area (Å²) in [5.74, 6) is 13.8. The van der Waals surface area contributed by atoms with Crippen molar-refractivity contribution >= 4 is 0 Å². The van der Waals surface area contributed by atoms with Gasteiger partial charge in [-0.15, -0.1) is 0 Å². The highest BCUT2D eigenvalue weighted by molar-refractivity contribution is 5.45. The Kier molecular flexibility index (Phi) is 13.4. The van der Waals surface area contributed by atoms with Gasteiger partial charge in [-0.1, -0.05) is 135 Å². The number of allylic oxidation sites excluding steroid dienone is 14. The summed E-state index contributed by atoms with van der Waals surface area (Å²) in [6.07, 6.45) is 22.3. The Bertz CT molecular complexity index is 1340. The van der Waals surface area contributed by atoms with E-state index in [0.717, 1.165) is 37.7 Å². The van der Waals surface area contributed by atoms with Crippen molar-refractivity contribution in [1.82, 2.24) is 0 Å². The minimum Gasteiger partial charge on any atom is -0.393 e. The van der Waals surface area contributed by atoms with E-state index in [9.17, 15) is 10.2 Å². The topological polar surface area (TPSA) is 40.5 Å². The monoisotopic (exact) mass is 566 g/mol. The zero-order valence-corrected chi connectivity index (χ0v) is 27.9. The molecule has 0 spiro atoms. The van der Waals surface area contributed by atoms with Crippen molar-refractivity contribution in [3.05, 3.63) is 93.7 Å². The van der Waals surface area contributed by atoms with E-state index in [2.05, 4.69) is 129 Å². The van der Waals surface area contributed by atoms with Crippen LogP contribution in [0.15, 0.2) is 93.7 Å². The molecular weight excluding hydrogens is 512 g/mol. The summed E-state index contributed by atoms with van der Waals surface area (Å²) >= 11 is 0. The van der Waals surface area contributed by atoms with E-state index in [1.165, 1.54) is 33.4 Å². The second-order valence-corrected chi connectivity index (χ2v) is 13.7. The fraction of sp³-hybridized carbons (Fsp3) is 0.500. The van der Waals surface area contributed by atoms with Crippen LogP contribution in [-0.4, -0.2) is 22.4 Å². The summed E-state index contributed by atoms with van der Waals surface area (Å²) in [5.41, 5.74) is 8.05. The lowest BCUT2D eigenvalue weighted by Crippen LogP contribution is -2.28. The van der Waals surface area contributed by atoms with Crippen LogP contribution in [0.25, 0.3) is 0 Å². The van der Waals surface area contributed by atoms with Gasteiger partial charge in [-0.3, -0.25) is 0 Å². The first-order valence-corrected chi connectivity index (χ1v) is 15.4. The van der Waals surface area contributed by atoms with E-state index in [1.54, 1.807) is 0 Å². The largest absolute Gasteiger partial charge is 0.393 e. The number of aliphatic hydroxyl groups is 2. The average Bonchev–Trinajstić information content (AvgIpc) is 2.84. The van der Waals surface area contributed by atoms with Crippen molar-refractivity contribution in [2.75, 3.05) is 0 Å². The Morgan fingerprint density at radius 1 is 0.786 bits per heavy atom. The summed E-state index contributed by atoms with van der Waals surface area (Å²) in [6, 6.07) is 0. The first kappa shape index (κ1) is 35.2. The van der Waals surface area contributed by atoms with Gasteiger partial charge in [-0.2, -0.15) is 0 Å². The maximum absolute atomic E-state index is 10.1. The molecule has 0 saturated carbocycles. The Morgan fingerprint density at radius 3 is 1.81 bits per heavy atom. The van der Waals surface area contributed by atoms with Gasteiger partial charge in [0.05, 0.1) is 12.2 Å². The molecule has 42 heavy (non-hydrogen) atoms. The fourth-order valence-electron chi connectivity index (χ4n) is 5.93. The molecule has 2 nitrogen and oxygen atoms in total. The third-order valence-electron chi connectivity index (χ3n) is 8.02. The van der Waals surface area contributed by atoms with Crippen LogP contribution in [0.3, 0.4) is 0 Å². The molecule has 0 heterocycles. The van der Waals surface area contributed by atoms with E-state index in [-0.39, 0.29) is 29.0 Å². The second-order valence-electron chi connectivity index (χ2n) is 13.7. The molecule has 3 atom stereocenters. The first-order valence-electron chi connectivity index (χ1n) is 15.4. The van der Waals surface area contributed by atoms with Crippen molar-refractivity contribution in [3.63, 3.8) is 0 Å². The van der Waals surface area contributed by atoms with E-state index in [0.29, 0.717) is 0 Å². The van der Waals surface area contributed by atoms with Crippen LogP contribution in [0.4, 0.5) is 0 Å². The Morgan fingerprint density at radius 2 is 1.29 bits per heavy atom. The molecule has 226 valence electrons. The summed E-state index contributed by atoms with van der Waals surface area (Å²) in [6.45, 7) is 21.3. The highest BCUT2D eigenvalue weighted by Gasteiger charge is 2.33. The maximum Gasteiger partial charge on any atom is 0.0586 e.